The zero-order valence-electron chi connectivity index (χ0n) is 12.5. The Morgan fingerprint density at radius 1 is 1.45 bits per heavy atom. The molecule has 1 N–H and O–H groups in total. The van der Waals surface area contributed by atoms with E-state index >= 15 is 0 Å². The lowest BCUT2D eigenvalue weighted by Crippen LogP contribution is -2.27. The minimum absolute atomic E-state index is 0.336. The minimum Gasteiger partial charge on any atom is -0.366 e. The minimum atomic E-state index is 0.336. The van der Waals surface area contributed by atoms with Crippen LogP contribution in [-0.2, 0) is 0 Å². The molecule has 2 rings (SSSR count). The van der Waals surface area contributed by atoms with Gasteiger partial charge >= 0.3 is 0 Å². The van der Waals surface area contributed by atoms with Crippen LogP contribution in [0.25, 0.3) is 0 Å². The van der Waals surface area contributed by atoms with Crippen molar-refractivity contribution in [3.05, 3.63) is 24.0 Å². The van der Waals surface area contributed by atoms with Crippen LogP contribution in [0, 0.1) is 11.3 Å². The van der Waals surface area contributed by atoms with Gasteiger partial charge in [0, 0.05) is 18.6 Å². The van der Waals surface area contributed by atoms with Gasteiger partial charge in [0.15, 0.2) is 0 Å². The summed E-state index contributed by atoms with van der Waals surface area (Å²) in [5.74, 6) is 0. The standard InChI is InChI=1S/C16H24N4/c1-3-15(18-4-2)16-9-8-14(12-19-16)20(11-5-10-17)13-6-7-13/h8-9,12-13,15,18H,3-7,11H2,1-2H3. The van der Waals surface area contributed by atoms with Gasteiger partial charge in [0.25, 0.3) is 0 Å². The summed E-state index contributed by atoms with van der Waals surface area (Å²) in [5.41, 5.74) is 2.26. The fourth-order valence-corrected chi connectivity index (χ4v) is 2.56. The highest BCUT2D eigenvalue weighted by Crippen LogP contribution is 2.31. The summed E-state index contributed by atoms with van der Waals surface area (Å²) in [6.45, 7) is 6.06. The molecule has 1 aliphatic rings. The fourth-order valence-electron chi connectivity index (χ4n) is 2.56. The summed E-state index contributed by atoms with van der Waals surface area (Å²) in [4.78, 5) is 6.95. The summed E-state index contributed by atoms with van der Waals surface area (Å²) < 4.78 is 0. The smallest absolute Gasteiger partial charge is 0.0640 e. The molecule has 0 aliphatic heterocycles. The number of hydrogen-bond acceptors (Lipinski definition) is 4. The second-order valence-electron chi connectivity index (χ2n) is 5.29. The summed E-state index contributed by atoms with van der Waals surface area (Å²) >= 11 is 0. The second kappa shape index (κ2) is 7.25. The van der Waals surface area contributed by atoms with E-state index in [1.165, 1.54) is 12.8 Å². The van der Waals surface area contributed by atoms with E-state index in [0.29, 0.717) is 18.5 Å². The lowest BCUT2D eigenvalue weighted by Gasteiger charge is -2.24. The third-order valence-corrected chi connectivity index (χ3v) is 3.77. The lowest BCUT2D eigenvalue weighted by molar-refractivity contribution is 0.524. The van der Waals surface area contributed by atoms with Crippen molar-refractivity contribution >= 4 is 5.69 Å². The van der Waals surface area contributed by atoms with Crippen LogP contribution in [0.3, 0.4) is 0 Å². The molecule has 1 atom stereocenters. The van der Waals surface area contributed by atoms with Gasteiger partial charge in [-0.2, -0.15) is 5.26 Å². The predicted molar refractivity (Wildman–Crippen MR) is 81.5 cm³/mol. The number of anilines is 1. The number of pyridine rings is 1. The van der Waals surface area contributed by atoms with E-state index in [-0.39, 0.29) is 0 Å². The summed E-state index contributed by atoms with van der Waals surface area (Å²) in [6, 6.07) is 7.46. The van der Waals surface area contributed by atoms with Crippen molar-refractivity contribution in [2.45, 2.75) is 51.6 Å². The van der Waals surface area contributed by atoms with Crippen molar-refractivity contribution in [1.29, 1.82) is 5.26 Å². The first-order valence-electron chi connectivity index (χ1n) is 7.63. The Morgan fingerprint density at radius 2 is 2.25 bits per heavy atom. The van der Waals surface area contributed by atoms with Gasteiger partial charge in [-0.1, -0.05) is 13.8 Å². The van der Waals surface area contributed by atoms with Crippen LogP contribution < -0.4 is 10.2 Å². The van der Waals surface area contributed by atoms with Crippen molar-refractivity contribution in [1.82, 2.24) is 10.3 Å². The molecule has 0 spiro atoms. The molecule has 0 bridgehead atoms. The normalized spacial score (nSPS) is 15.7. The van der Waals surface area contributed by atoms with Crippen LogP contribution in [0.1, 0.15) is 51.3 Å². The molecule has 1 aromatic heterocycles. The second-order valence-corrected chi connectivity index (χ2v) is 5.29. The molecule has 4 nitrogen and oxygen atoms in total. The fraction of sp³-hybridized carbons (Fsp3) is 0.625. The van der Waals surface area contributed by atoms with Gasteiger partial charge in [-0.05, 0) is 37.9 Å². The number of nitrogens with one attached hydrogen (secondary N) is 1. The highest BCUT2D eigenvalue weighted by molar-refractivity contribution is 5.47. The van der Waals surface area contributed by atoms with Crippen LogP contribution in [0.4, 0.5) is 5.69 Å². The van der Waals surface area contributed by atoms with Crippen LogP contribution in [0.5, 0.6) is 0 Å². The van der Waals surface area contributed by atoms with Crippen molar-refractivity contribution in [3.63, 3.8) is 0 Å². The van der Waals surface area contributed by atoms with Gasteiger partial charge in [0.2, 0.25) is 0 Å². The maximum atomic E-state index is 8.77. The van der Waals surface area contributed by atoms with Gasteiger partial charge in [0.1, 0.15) is 0 Å². The van der Waals surface area contributed by atoms with Crippen LogP contribution in [0.2, 0.25) is 0 Å². The van der Waals surface area contributed by atoms with E-state index in [2.05, 4.69) is 47.3 Å². The Bertz CT molecular complexity index is 445. The molecule has 1 saturated carbocycles. The largest absolute Gasteiger partial charge is 0.366 e. The Balaban J connectivity index is 2.07. The first-order chi connectivity index (χ1) is 9.80. The van der Waals surface area contributed by atoms with Gasteiger partial charge in [0.05, 0.1) is 30.1 Å². The molecule has 108 valence electrons. The van der Waals surface area contributed by atoms with Crippen molar-refractivity contribution in [3.8, 4) is 6.07 Å². The first-order valence-corrected chi connectivity index (χ1v) is 7.63. The zero-order chi connectivity index (χ0) is 14.4. The number of nitriles is 1. The Kier molecular flexibility index (Phi) is 5.37. The zero-order valence-corrected chi connectivity index (χ0v) is 12.5. The molecular formula is C16H24N4. The number of aromatic nitrogens is 1. The van der Waals surface area contributed by atoms with E-state index < -0.39 is 0 Å². The Hall–Kier alpha value is -1.60. The lowest BCUT2D eigenvalue weighted by atomic mass is 10.1. The van der Waals surface area contributed by atoms with Crippen LogP contribution in [0.15, 0.2) is 18.3 Å². The molecule has 1 heterocycles. The van der Waals surface area contributed by atoms with Gasteiger partial charge < -0.3 is 10.2 Å². The molecule has 0 radical (unpaired) electrons. The average molecular weight is 272 g/mol. The SMILES string of the molecule is CCNC(CC)c1ccc(N(CCC#N)C2CC2)cn1. The van der Waals surface area contributed by atoms with Crippen molar-refractivity contribution in [2.75, 3.05) is 18.0 Å². The summed E-state index contributed by atoms with van der Waals surface area (Å²) in [7, 11) is 0. The molecule has 1 unspecified atom stereocenters. The van der Waals surface area contributed by atoms with Crippen LogP contribution >= 0.6 is 0 Å². The van der Waals surface area contributed by atoms with E-state index in [9.17, 15) is 0 Å². The Labute approximate surface area is 121 Å². The summed E-state index contributed by atoms with van der Waals surface area (Å²) in [6.07, 6.45) is 6.06. The van der Waals surface area contributed by atoms with Gasteiger partial charge in [-0.15, -0.1) is 0 Å². The molecule has 0 amide bonds. The molecule has 4 heteroatoms. The van der Waals surface area contributed by atoms with Gasteiger partial charge in [-0.25, -0.2) is 0 Å². The average Bonchev–Trinajstić information content (AvgIpc) is 3.31. The molecule has 0 aromatic carbocycles. The topological polar surface area (TPSA) is 52.0 Å². The summed E-state index contributed by atoms with van der Waals surface area (Å²) in [5, 5.41) is 12.2. The maximum absolute atomic E-state index is 8.77. The number of hydrogen-bond donors (Lipinski definition) is 1. The molecule has 1 aromatic rings. The molecular weight excluding hydrogens is 248 g/mol. The van der Waals surface area contributed by atoms with Crippen LogP contribution in [-0.4, -0.2) is 24.1 Å². The maximum Gasteiger partial charge on any atom is 0.0640 e. The van der Waals surface area contributed by atoms with E-state index in [1.807, 2.05) is 6.20 Å². The van der Waals surface area contributed by atoms with E-state index in [4.69, 9.17) is 5.26 Å². The molecule has 1 fully saturated rings. The third-order valence-electron chi connectivity index (χ3n) is 3.77. The number of nitrogens with zero attached hydrogens (tertiary/aromatic N) is 3. The predicted octanol–water partition coefficient (Wildman–Crippen LogP) is 3.02. The first kappa shape index (κ1) is 14.8. The Morgan fingerprint density at radius 3 is 2.75 bits per heavy atom. The van der Waals surface area contributed by atoms with Crippen molar-refractivity contribution in [2.24, 2.45) is 0 Å². The van der Waals surface area contributed by atoms with E-state index in [1.54, 1.807) is 0 Å². The van der Waals surface area contributed by atoms with Gasteiger partial charge in [-0.3, -0.25) is 4.98 Å². The quantitative estimate of drug-likeness (QED) is 0.790. The molecule has 1 aliphatic carbocycles. The van der Waals surface area contributed by atoms with Crippen molar-refractivity contribution < 1.29 is 0 Å². The highest BCUT2D eigenvalue weighted by Gasteiger charge is 2.29. The third kappa shape index (κ3) is 3.71. The highest BCUT2D eigenvalue weighted by atomic mass is 15.2. The monoisotopic (exact) mass is 272 g/mol. The van der Waals surface area contributed by atoms with E-state index in [0.717, 1.165) is 30.9 Å². The molecule has 0 saturated heterocycles. The number of rotatable bonds is 8. The molecule has 20 heavy (non-hydrogen) atoms.